The monoisotopic (exact) mass is 261 g/mol. The predicted molar refractivity (Wildman–Crippen MR) is 66.2 cm³/mol. The maximum absolute atomic E-state index is 10.7. The summed E-state index contributed by atoms with van der Waals surface area (Å²) >= 11 is 0. The molecule has 0 unspecified atom stereocenters. The Bertz CT molecular complexity index is 621. The van der Waals surface area contributed by atoms with Crippen molar-refractivity contribution in [2.75, 3.05) is 0 Å². The summed E-state index contributed by atoms with van der Waals surface area (Å²) in [5.74, 6) is -0.872. The third kappa shape index (κ3) is 3.15. The Labute approximate surface area is 108 Å². The molecule has 1 aromatic carbocycles. The van der Waals surface area contributed by atoms with Crippen LogP contribution in [-0.2, 0) is 11.2 Å². The zero-order valence-corrected chi connectivity index (χ0v) is 9.89. The van der Waals surface area contributed by atoms with Crippen LogP contribution in [0.3, 0.4) is 0 Å². The summed E-state index contributed by atoms with van der Waals surface area (Å²) in [6, 6.07) is 6.08. The molecule has 0 fully saturated rings. The van der Waals surface area contributed by atoms with Gasteiger partial charge in [0.15, 0.2) is 0 Å². The minimum atomic E-state index is -0.872. The third-order valence-electron chi connectivity index (χ3n) is 2.57. The highest BCUT2D eigenvalue weighted by Crippen LogP contribution is 2.16. The van der Waals surface area contributed by atoms with Crippen molar-refractivity contribution in [1.29, 1.82) is 0 Å². The van der Waals surface area contributed by atoms with Crippen molar-refractivity contribution in [2.45, 2.75) is 12.8 Å². The van der Waals surface area contributed by atoms with Gasteiger partial charge in [-0.25, -0.2) is 4.68 Å². The van der Waals surface area contributed by atoms with Crippen molar-refractivity contribution in [2.24, 2.45) is 0 Å². The Morgan fingerprint density at radius 3 is 2.95 bits per heavy atom. The Morgan fingerprint density at radius 1 is 1.47 bits per heavy atom. The highest BCUT2D eigenvalue weighted by atomic mass is 16.6. The lowest BCUT2D eigenvalue weighted by atomic mass is 10.2. The molecule has 0 aliphatic carbocycles. The number of hydrogen-bond donors (Lipinski definition) is 1. The van der Waals surface area contributed by atoms with Crippen LogP contribution in [0.2, 0.25) is 0 Å². The van der Waals surface area contributed by atoms with Crippen LogP contribution in [0, 0.1) is 10.1 Å². The van der Waals surface area contributed by atoms with Crippen LogP contribution in [0.5, 0.6) is 0 Å². The van der Waals surface area contributed by atoms with Crippen molar-refractivity contribution >= 4 is 11.7 Å². The number of nitrogens with zero attached hydrogens (tertiary/aromatic N) is 3. The second-order valence-corrected chi connectivity index (χ2v) is 3.96. The molecule has 0 amide bonds. The molecule has 0 atom stereocenters. The molecule has 0 aliphatic rings. The van der Waals surface area contributed by atoms with E-state index in [1.165, 1.54) is 16.8 Å². The van der Waals surface area contributed by atoms with Crippen molar-refractivity contribution in [1.82, 2.24) is 9.78 Å². The van der Waals surface area contributed by atoms with Crippen LogP contribution >= 0.6 is 0 Å². The van der Waals surface area contributed by atoms with Gasteiger partial charge in [0.05, 0.1) is 16.8 Å². The number of hydrogen-bond acceptors (Lipinski definition) is 4. The van der Waals surface area contributed by atoms with Crippen molar-refractivity contribution in [3.05, 3.63) is 52.3 Å². The second-order valence-electron chi connectivity index (χ2n) is 3.96. The van der Waals surface area contributed by atoms with Crippen LogP contribution in [0.1, 0.15) is 12.0 Å². The number of aryl methyl sites for hydroxylation is 1. The van der Waals surface area contributed by atoms with Gasteiger partial charge in [0.25, 0.3) is 5.69 Å². The first-order chi connectivity index (χ1) is 9.06. The highest BCUT2D eigenvalue weighted by molar-refractivity contribution is 5.67. The second kappa shape index (κ2) is 5.30. The number of carbonyl (C=O) groups is 1. The summed E-state index contributed by atoms with van der Waals surface area (Å²) < 4.78 is 1.49. The van der Waals surface area contributed by atoms with E-state index >= 15 is 0 Å². The summed E-state index contributed by atoms with van der Waals surface area (Å²) in [6.45, 7) is 0. The van der Waals surface area contributed by atoms with E-state index in [0.717, 1.165) is 5.56 Å². The molecule has 1 heterocycles. The molecule has 0 bridgehead atoms. The summed E-state index contributed by atoms with van der Waals surface area (Å²) in [5, 5.41) is 23.3. The fourth-order valence-corrected chi connectivity index (χ4v) is 1.63. The number of nitro benzene ring substituents is 1. The minimum Gasteiger partial charge on any atom is -0.481 e. The predicted octanol–water partition coefficient (Wildman–Crippen LogP) is 1.80. The van der Waals surface area contributed by atoms with E-state index in [1.807, 2.05) is 0 Å². The van der Waals surface area contributed by atoms with E-state index in [4.69, 9.17) is 5.11 Å². The van der Waals surface area contributed by atoms with Crippen molar-refractivity contribution in [3.63, 3.8) is 0 Å². The minimum absolute atomic E-state index is 0.0138. The molecule has 0 aliphatic heterocycles. The van der Waals surface area contributed by atoms with Gasteiger partial charge >= 0.3 is 5.97 Å². The molecule has 98 valence electrons. The van der Waals surface area contributed by atoms with Crippen LogP contribution < -0.4 is 0 Å². The van der Waals surface area contributed by atoms with E-state index in [1.54, 1.807) is 24.5 Å². The van der Waals surface area contributed by atoms with Gasteiger partial charge in [-0.05, 0) is 18.1 Å². The average molecular weight is 261 g/mol. The number of rotatable bonds is 5. The van der Waals surface area contributed by atoms with Gasteiger partial charge in [0.2, 0.25) is 0 Å². The van der Waals surface area contributed by atoms with Gasteiger partial charge in [0.1, 0.15) is 0 Å². The lowest BCUT2D eigenvalue weighted by Gasteiger charge is -2.00. The molecule has 2 aromatic rings. The number of benzene rings is 1. The number of non-ortho nitro benzene ring substituents is 1. The number of carboxylic acids is 1. The van der Waals surface area contributed by atoms with Crippen LogP contribution in [0.15, 0.2) is 36.7 Å². The normalized spacial score (nSPS) is 10.3. The molecule has 0 radical (unpaired) electrons. The first-order valence-corrected chi connectivity index (χ1v) is 5.56. The van der Waals surface area contributed by atoms with E-state index in [2.05, 4.69) is 5.10 Å². The quantitative estimate of drug-likeness (QED) is 0.653. The van der Waals surface area contributed by atoms with Gasteiger partial charge in [-0.15, -0.1) is 0 Å². The maximum Gasteiger partial charge on any atom is 0.303 e. The number of nitro groups is 1. The summed E-state index contributed by atoms with van der Waals surface area (Å²) in [6.07, 6.45) is 3.63. The first kappa shape index (κ1) is 12.7. The standard InChI is InChI=1S/C12H11N3O4/c16-12(17)5-4-9-7-13-14(8-9)10-2-1-3-11(6-10)15(18)19/h1-3,6-8H,4-5H2,(H,16,17). The Kier molecular flexibility index (Phi) is 3.56. The Balaban J connectivity index is 2.20. The Morgan fingerprint density at radius 2 is 2.26 bits per heavy atom. The fourth-order valence-electron chi connectivity index (χ4n) is 1.63. The number of aromatic nitrogens is 2. The summed E-state index contributed by atoms with van der Waals surface area (Å²) in [5.41, 5.74) is 1.32. The van der Waals surface area contributed by atoms with E-state index in [-0.39, 0.29) is 12.1 Å². The highest BCUT2D eigenvalue weighted by Gasteiger charge is 2.08. The largest absolute Gasteiger partial charge is 0.481 e. The van der Waals surface area contributed by atoms with Crippen molar-refractivity contribution in [3.8, 4) is 5.69 Å². The molecule has 1 aromatic heterocycles. The Hall–Kier alpha value is -2.70. The number of aliphatic carboxylic acids is 1. The SMILES string of the molecule is O=C(O)CCc1cnn(-c2cccc([N+](=O)[O-])c2)c1. The molecule has 0 spiro atoms. The fraction of sp³-hybridized carbons (Fsp3) is 0.167. The molecule has 0 saturated heterocycles. The number of carboxylic acid groups (broad SMARTS) is 1. The molecule has 19 heavy (non-hydrogen) atoms. The van der Waals surface area contributed by atoms with E-state index < -0.39 is 10.9 Å². The van der Waals surface area contributed by atoms with Gasteiger partial charge in [-0.2, -0.15) is 5.10 Å². The van der Waals surface area contributed by atoms with Gasteiger partial charge < -0.3 is 5.11 Å². The third-order valence-corrected chi connectivity index (χ3v) is 2.57. The van der Waals surface area contributed by atoms with Crippen LogP contribution in [0.4, 0.5) is 5.69 Å². The molecule has 1 N–H and O–H groups in total. The van der Waals surface area contributed by atoms with Gasteiger partial charge in [0, 0.05) is 24.8 Å². The van der Waals surface area contributed by atoms with Gasteiger partial charge in [-0.3, -0.25) is 14.9 Å². The topological polar surface area (TPSA) is 98.3 Å². The molecular weight excluding hydrogens is 250 g/mol. The van der Waals surface area contributed by atoms with Crippen molar-refractivity contribution < 1.29 is 14.8 Å². The lowest BCUT2D eigenvalue weighted by Crippen LogP contribution is -1.97. The molecule has 7 heteroatoms. The average Bonchev–Trinajstić information content (AvgIpc) is 2.85. The summed E-state index contributed by atoms with van der Waals surface area (Å²) in [7, 11) is 0. The first-order valence-electron chi connectivity index (χ1n) is 5.56. The molecule has 7 nitrogen and oxygen atoms in total. The zero-order valence-electron chi connectivity index (χ0n) is 9.89. The van der Waals surface area contributed by atoms with Gasteiger partial charge in [-0.1, -0.05) is 6.07 Å². The molecule has 0 saturated carbocycles. The summed E-state index contributed by atoms with van der Waals surface area (Å²) in [4.78, 5) is 20.7. The van der Waals surface area contributed by atoms with Crippen LogP contribution in [0.25, 0.3) is 5.69 Å². The smallest absolute Gasteiger partial charge is 0.303 e. The van der Waals surface area contributed by atoms with E-state index in [0.29, 0.717) is 12.1 Å². The van der Waals surface area contributed by atoms with Crippen LogP contribution in [-0.4, -0.2) is 25.8 Å². The molecular formula is C12H11N3O4. The molecule has 2 rings (SSSR count). The lowest BCUT2D eigenvalue weighted by molar-refractivity contribution is -0.384. The maximum atomic E-state index is 10.7. The zero-order chi connectivity index (χ0) is 13.8. The van der Waals surface area contributed by atoms with E-state index in [9.17, 15) is 14.9 Å².